The summed E-state index contributed by atoms with van der Waals surface area (Å²) in [5, 5.41) is 0. The molecule has 1 aliphatic rings. The standard InChI is InChI=1S/C13H13N3/c14-10-6-7-12(11-3-1-2-8-15-11)16-13(10)9-4-5-9/h1-3,6-9H,4-5,14H2. The van der Waals surface area contributed by atoms with Crippen molar-refractivity contribution < 1.29 is 0 Å². The Morgan fingerprint density at radius 2 is 1.94 bits per heavy atom. The van der Waals surface area contributed by atoms with Crippen LogP contribution in [-0.2, 0) is 0 Å². The third-order valence-electron chi connectivity index (χ3n) is 2.85. The molecule has 2 aromatic rings. The van der Waals surface area contributed by atoms with E-state index in [0.29, 0.717) is 5.92 Å². The maximum Gasteiger partial charge on any atom is 0.0891 e. The lowest BCUT2D eigenvalue weighted by atomic mass is 10.1. The summed E-state index contributed by atoms with van der Waals surface area (Å²) >= 11 is 0. The Kier molecular flexibility index (Phi) is 2.10. The van der Waals surface area contributed by atoms with Gasteiger partial charge >= 0.3 is 0 Å². The number of pyridine rings is 2. The van der Waals surface area contributed by atoms with Gasteiger partial charge in [-0.1, -0.05) is 6.07 Å². The number of nitrogens with two attached hydrogens (primary N) is 1. The molecule has 0 aromatic carbocycles. The maximum atomic E-state index is 5.93. The molecule has 0 radical (unpaired) electrons. The predicted octanol–water partition coefficient (Wildman–Crippen LogP) is 2.60. The number of hydrogen-bond acceptors (Lipinski definition) is 3. The van der Waals surface area contributed by atoms with Crippen molar-refractivity contribution >= 4 is 5.69 Å². The molecule has 0 aliphatic heterocycles. The quantitative estimate of drug-likeness (QED) is 0.830. The average Bonchev–Trinajstić information content (AvgIpc) is 3.15. The van der Waals surface area contributed by atoms with Gasteiger partial charge < -0.3 is 5.73 Å². The molecule has 0 bridgehead atoms. The van der Waals surface area contributed by atoms with E-state index < -0.39 is 0 Å². The number of hydrogen-bond donors (Lipinski definition) is 1. The van der Waals surface area contributed by atoms with E-state index in [1.54, 1.807) is 6.20 Å². The van der Waals surface area contributed by atoms with E-state index in [1.807, 2.05) is 30.3 Å². The van der Waals surface area contributed by atoms with Gasteiger partial charge in [-0.3, -0.25) is 4.98 Å². The van der Waals surface area contributed by atoms with E-state index in [1.165, 1.54) is 12.8 Å². The fourth-order valence-electron chi connectivity index (χ4n) is 1.83. The molecule has 1 aliphatic carbocycles. The molecule has 3 rings (SSSR count). The second kappa shape index (κ2) is 3.59. The van der Waals surface area contributed by atoms with Crippen molar-refractivity contribution in [2.24, 2.45) is 0 Å². The Morgan fingerprint density at radius 1 is 1.06 bits per heavy atom. The molecule has 16 heavy (non-hydrogen) atoms. The average molecular weight is 211 g/mol. The highest BCUT2D eigenvalue weighted by Crippen LogP contribution is 2.42. The van der Waals surface area contributed by atoms with E-state index in [-0.39, 0.29) is 0 Å². The van der Waals surface area contributed by atoms with E-state index in [0.717, 1.165) is 22.8 Å². The first-order valence-electron chi connectivity index (χ1n) is 5.52. The van der Waals surface area contributed by atoms with Gasteiger partial charge in [0.15, 0.2) is 0 Å². The number of rotatable bonds is 2. The summed E-state index contributed by atoms with van der Waals surface area (Å²) in [6.45, 7) is 0. The number of anilines is 1. The summed E-state index contributed by atoms with van der Waals surface area (Å²) in [4.78, 5) is 8.91. The number of nitrogen functional groups attached to an aromatic ring is 1. The van der Waals surface area contributed by atoms with Crippen LogP contribution in [0, 0.1) is 0 Å². The van der Waals surface area contributed by atoms with Crippen LogP contribution < -0.4 is 5.73 Å². The lowest BCUT2D eigenvalue weighted by Crippen LogP contribution is -1.98. The Hall–Kier alpha value is -1.90. The van der Waals surface area contributed by atoms with Crippen molar-refractivity contribution in [3.63, 3.8) is 0 Å². The number of aromatic nitrogens is 2. The number of nitrogens with zero attached hydrogens (tertiary/aromatic N) is 2. The van der Waals surface area contributed by atoms with Crippen LogP contribution in [0.3, 0.4) is 0 Å². The third kappa shape index (κ3) is 1.65. The summed E-state index contributed by atoms with van der Waals surface area (Å²) < 4.78 is 0. The Balaban J connectivity index is 2.05. The zero-order valence-electron chi connectivity index (χ0n) is 8.93. The van der Waals surface area contributed by atoms with Crippen LogP contribution in [0.25, 0.3) is 11.4 Å². The third-order valence-corrected chi connectivity index (χ3v) is 2.85. The molecule has 2 aromatic heterocycles. The molecular weight excluding hydrogens is 198 g/mol. The monoisotopic (exact) mass is 211 g/mol. The smallest absolute Gasteiger partial charge is 0.0891 e. The minimum atomic E-state index is 0.573. The van der Waals surface area contributed by atoms with Gasteiger partial charge in [-0.15, -0.1) is 0 Å². The van der Waals surface area contributed by atoms with Crippen molar-refractivity contribution in [3.8, 4) is 11.4 Å². The maximum absolute atomic E-state index is 5.93. The van der Waals surface area contributed by atoms with Crippen LogP contribution in [0.5, 0.6) is 0 Å². The van der Waals surface area contributed by atoms with Gasteiger partial charge in [-0.25, -0.2) is 4.98 Å². The molecule has 3 nitrogen and oxygen atoms in total. The molecular formula is C13H13N3. The molecule has 2 N–H and O–H groups in total. The van der Waals surface area contributed by atoms with Crippen LogP contribution >= 0.6 is 0 Å². The first-order valence-corrected chi connectivity index (χ1v) is 5.52. The normalized spacial score (nSPS) is 15.0. The lowest BCUT2D eigenvalue weighted by molar-refractivity contribution is 1.03. The minimum Gasteiger partial charge on any atom is -0.397 e. The summed E-state index contributed by atoms with van der Waals surface area (Å²) in [6.07, 6.45) is 4.20. The summed E-state index contributed by atoms with van der Waals surface area (Å²) in [5.41, 5.74) is 9.60. The second-order valence-electron chi connectivity index (χ2n) is 4.16. The Morgan fingerprint density at radius 3 is 2.62 bits per heavy atom. The largest absolute Gasteiger partial charge is 0.397 e. The molecule has 80 valence electrons. The summed E-state index contributed by atoms with van der Waals surface area (Å²) in [5.74, 6) is 0.573. The zero-order chi connectivity index (χ0) is 11.0. The molecule has 0 atom stereocenters. The molecule has 0 amide bonds. The van der Waals surface area contributed by atoms with Gasteiger partial charge in [-0.05, 0) is 37.1 Å². The zero-order valence-corrected chi connectivity index (χ0v) is 8.93. The van der Waals surface area contributed by atoms with E-state index in [9.17, 15) is 0 Å². The lowest BCUT2D eigenvalue weighted by Gasteiger charge is -2.06. The van der Waals surface area contributed by atoms with Crippen molar-refractivity contribution in [1.29, 1.82) is 0 Å². The second-order valence-corrected chi connectivity index (χ2v) is 4.16. The highest BCUT2D eigenvalue weighted by Gasteiger charge is 2.27. The molecule has 0 saturated heterocycles. The molecule has 3 heteroatoms. The molecule has 1 saturated carbocycles. The summed E-state index contributed by atoms with van der Waals surface area (Å²) in [6, 6.07) is 9.71. The molecule has 0 unspecified atom stereocenters. The fourth-order valence-corrected chi connectivity index (χ4v) is 1.83. The topological polar surface area (TPSA) is 51.8 Å². The van der Waals surface area contributed by atoms with Crippen LogP contribution in [0.1, 0.15) is 24.5 Å². The summed E-state index contributed by atoms with van der Waals surface area (Å²) in [7, 11) is 0. The van der Waals surface area contributed by atoms with Crippen LogP contribution in [0.2, 0.25) is 0 Å². The van der Waals surface area contributed by atoms with Crippen molar-refractivity contribution in [2.75, 3.05) is 5.73 Å². The van der Waals surface area contributed by atoms with Crippen molar-refractivity contribution in [1.82, 2.24) is 9.97 Å². The van der Waals surface area contributed by atoms with Gasteiger partial charge in [0, 0.05) is 12.1 Å². The van der Waals surface area contributed by atoms with Gasteiger partial charge in [0.1, 0.15) is 0 Å². The van der Waals surface area contributed by atoms with Crippen molar-refractivity contribution in [2.45, 2.75) is 18.8 Å². The highest BCUT2D eigenvalue weighted by atomic mass is 14.8. The first-order chi connectivity index (χ1) is 7.84. The van der Waals surface area contributed by atoms with Gasteiger partial charge in [0.05, 0.1) is 22.8 Å². The molecule has 1 fully saturated rings. The minimum absolute atomic E-state index is 0.573. The SMILES string of the molecule is Nc1ccc(-c2ccccn2)nc1C1CC1. The Bertz CT molecular complexity index is 504. The first kappa shape index (κ1) is 9.33. The van der Waals surface area contributed by atoms with E-state index >= 15 is 0 Å². The molecule has 2 heterocycles. The van der Waals surface area contributed by atoms with E-state index in [2.05, 4.69) is 9.97 Å². The highest BCUT2D eigenvalue weighted by molar-refractivity contribution is 5.59. The van der Waals surface area contributed by atoms with E-state index in [4.69, 9.17) is 5.73 Å². The predicted molar refractivity (Wildman–Crippen MR) is 63.9 cm³/mol. The fraction of sp³-hybridized carbons (Fsp3) is 0.231. The molecule has 0 spiro atoms. The van der Waals surface area contributed by atoms with Crippen LogP contribution in [0.4, 0.5) is 5.69 Å². The van der Waals surface area contributed by atoms with Crippen molar-refractivity contribution in [3.05, 3.63) is 42.2 Å². The Labute approximate surface area is 94.4 Å². The van der Waals surface area contributed by atoms with Crippen LogP contribution in [0.15, 0.2) is 36.5 Å². The van der Waals surface area contributed by atoms with Gasteiger partial charge in [-0.2, -0.15) is 0 Å². The van der Waals surface area contributed by atoms with Gasteiger partial charge in [0.2, 0.25) is 0 Å². The van der Waals surface area contributed by atoms with Crippen LogP contribution in [-0.4, -0.2) is 9.97 Å². The van der Waals surface area contributed by atoms with Gasteiger partial charge in [0.25, 0.3) is 0 Å².